The lowest BCUT2D eigenvalue weighted by Gasteiger charge is -2.27. The smallest absolute Gasteiger partial charge is 0.369 e. The Hall–Kier alpha value is -2.35. The number of benzene rings is 1. The molecule has 1 aliphatic carbocycles. The van der Waals surface area contributed by atoms with E-state index in [-0.39, 0.29) is 25.0 Å². The fourth-order valence-corrected chi connectivity index (χ4v) is 4.39. The Morgan fingerprint density at radius 2 is 1.93 bits per heavy atom. The molecular formula is C20H24F3N5. The van der Waals surface area contributed by atoms with Gasteiger partial charge in [-0.2, -0.15) is 18.2 Å². The van der Waals surface area contributed by atoms with Crippen LogP contribution in [0.15, 0.2) is 30.3 Å². The van der Waals surface area contributed by atoms with Crippen molar-refractivity contribution in [1.82, 2.24) is 15.3 Å². The number of hydrogen-bond acceptors (Lipinski definition) is 5. The van der Waals surface area contributed by atoms with Gasteiger partial charge in [0.25, 0.3) is 0 Å². The number of hydrogen-bond donors (Lipinski definition) is 3. The van der Waals surface area contributed by atoms with Crippen LogP contribution in [0.1, 0.15) is 35.6 Å². The fourth-order valence-electron chi connectivity index (χ4n) is 4.39. The summed E-state index contributed by atoms with van der Waals surface area (Å²) in [6, 6.07) is 10.1. The number of aromatic nitrogens is 2. The number of halogens is 3. The van der Waals surface area contributed by atoms with E-state index < -0.39 is 18.0 Å². The normalized spacial score (nSPS) is 24.8. The van der Waals surface area contributed by atoms with E-state index in [0.717, 1.165) is 30.5 Å². The molecule has 1 aromatic heterocycles. The van der Waals surface area contributed by atoms with Crippen LogP contribution in [0.25, 0.3) is 0 Å². The maximum atomic E-state index is 13.2. The summed E-state index contributed by atoms with van der Waals surface area (Å²) in [5, 5.41) is 6.01. The second kappa shape index (κ2) is 7.58. The molecule has 0 amide bonds. The zero-order chi connectivity index (χ0) is 19.7. The highest BCUT2D eigenvalue weighted by molar-refractivity contribution is 5.53. The van der Waals surface area contributed by atoms with Crippen molar-refractivity contribution in [2.75, 3.05) is 30.7 Å². The Morgan fingerprint density at radius 1 is 1.14 bits per heavy atom. The molecule has 2 aliphatic rings. The van der Waals surface area contributed by atoms with E-state index in [2.05, 4.69) is 32.7 Å². The molecule has 2 heterocycles. The van der Waals surface area contributed by atoms with Crippen LogP contribution in [0.3, 0.4) is 0 Å². The molecule has 0 bridgehead atoms. The number of alkyl halides is 3. The van der Waals surface area contributed by atoms with Gasteiger partial charge >= 0.3 is 6.18 Å². The SMILES string of the molecule is Nc1nc(NCC2CNC[C@@H]2C(F)(F)F)c2c(n1)C(c1ccccc1)CCC2. The number of nitrogen functional groups attached to an aromatic ring is 1. The molecule has 2 unspecified atom stereocenters. The van der Waals surface area contributed by atoms with Crippen LogP contribution in [0.4, 0.5) is 24.9 Å². The summed E-state index contributed by atoms with van der Waals surface area (Å²) in [6.07, 6.45) is -1.45. The maximum absolute atomic E-state index is 13.2. The minimum atomic E-state index is -4.20. The molecule has 4 N–H and O–H groups in total. The van der Waals surface area contributed by atoms with Crippen LogP contribution in [-0.4, -0.2) is 35.8 Å². The topological polar surface area (TPSA) is 75.9 Å². The Kier molecular flexibility index (Phi) is 5.14. The fraction of sp³-hybridized carbons (Fsp3) is 0.500. The molecule has 2 aromatic rings. The number of anilines is 2. The molecular weight excluding hydrogens is 367 g/mol. The molecule has 8 heteroatoms. The summed E-state index contributed by atoms with van der Waals surface area (Å²) in [7, 11) is 0. The van der Waals surface area contributed by atoms with Crippen LogP contribution < -0.4 is 16.4 Å². The number of nitrogens with one attached hydrogen (secondary N) is 2. The molecule has 1 saturated heterocycles. The molecule has 0 spiro atoms. The van der Waals surface area contributed by atoms with Crippen LogP contribution in [0.2, 0.25) is 0 Å². The van der Waals surface area contributed by atoms with Gasteiger partial charge in [0, 0.05) is 37.0 Å². The zero-order valence-electron chi connectivity index (χ0n) is 15.5. The van der Waals surface area contributed by atoms with E-state index in [1.165, 1.54) is 5.56 Å². The molecule has 5 nitrogen and oxygen atoms in total. The lowest BCUT2D eigenvalue weighted by Crippen LogP contribution is -2.33. The van der Waals surface area contributed by atoms with Crippen LogP contribution in [0, 0.1) is 11.8 Å². The monoisotopic (exact) mass is 391 g/mol. The summed E-state index contributed by atoms with van der Waals surface area (Å²) in [5.74, 6) is -1.00. The third-order valence-corrected chi connectivity index (χ3v) is 5.80. The minimum Gasteiger partial charge on any atom is -0.369 e. The van der Waals surface area contributed by atoms with Crippen molar-refractivity contribution in [3.63, 3.8) is 0 Å². The number of nitrogens with two attached hydrogens (primary N) is 1. The Bertz CT molecular complexity index is 825. The number of rotatable bonds is 4. The van der Waals surface area contributed by atoms with Crippen molar-refractivity contribution in [1.29, 1.82) is 0 Å². The van der Waals surface area contributed by atoms with Gasteiger partial charge in [0.15, 0.2) is 0 Å². The molecule has 0 saturated carbocycles. The summed E-state index contributed by atoms with van der Waals surface area (Å²) in [5.41, 5.74) is 8.99. The van der Waals surface area contributed by atoms with Gasteiger partial charge in [0.1, 0.15) is 5.82 Å². The molecule has 4 rings (SSSR count). The van der Waals surface area contributed by atoms with Gasteiger partial charge in [-0.1, -0.05) is 30.3 Å². The van der Waals surface area contributed by atoms with Gasteiger partial charge in [-0.15, -0.1) is 0 Å². The Morgan fingerprint density at radius 3 is 2.68 bits per heavy atom. The van der Waals surface area contributed by atoms with Gasteiger partial charge in [0.05, 0.1) is 11.6 Å². The minimum absolute atomic E-state index is 0.0318. The van der Waals surface area contributed by atoms with Gasteiger partial charge in [-0.3, -0.25) is 0 Å². The lowest BCUT2D eigenvalue weighted by molar-refractivity contribution is -0.178. The van der Waals surface area contributed by atoms with E-state index in [0.29, 0.717) is 12.4 Å². The molecule has 1 fully saturated rings. The Labute approximate surface area is 162 Å². The Balaban J connectivity index is 1.58. The molecule has 0 radical (unpaired) electrons. The summed E-state index contributed by atoms with van der Waals surface area (Å²) < 4.78 is 39.6. The predicted molar refractivity (Wildman–Crippen MR) is 102 cm³/mol. The van der Waals surface area contributed by atoms with E-state index in [9.17, 15) is 13.2 Å². The van der Waals surface area contributed by atoms with Gasteiger partial charge < -0.3 is 16.4 Å². The maximum Gasteiger partial charge on any atom is 0.393 e. The van der Waals surface area contributed by atoms with Crippen LogP contribution in [0.5, 0.6) is 0 Å². The quantitative estimate of drug-likeness (QED) is 0.745. The van der Waals surface area contributed by atoms with Crippen LogP contribution in [-0.2, 0) is 6.42 Å². The summed E-state index contributed by atoms with van der Waals surface area (Å²) in [6.45, 7) is 0.512. The average molecular weight is 391 g/mol. The van der Waals surface area contributed by atoms with Crippen molar-refractivity contribution < 1.29 is 13.2 Å². The first-order valence-electron chi connectivity index (χ1n) is 9.66. The molecule has 1 aromatic carbocycles. The van der Waals surface area contributed by atoms with Gasteiger partial charge in [-0.25, -0.2) is 4.98 Å². The molecule has 150 valence electrons. The van der Waals surface area contributed by atoms with Gasteiger partial charge in [-0.05, 0) is 24.8 Å². The summed E-state index contributed by atoms with van der Waals surface area (Å²) in [4.78, 5) is 8.82. The molecule has 28 heavy (non-hydrogen) atoms. The lowest BCUT2D eigenvalue weighted by atomic mass is 9.82. The predicted octanol–water partition coefficient (Wildman–Crippen LogP) is 3.34. The largest absolute Gasteiger partial charge is 0.393 e. The van der Waals surface area contributed by atoms with Crippen LogP contribution >= 0.6 is 0 Å². The molecule has 3 atom stereocenters. The standard InChI is InChI=1S/C20H24F3N5/c21-20(22,23)16-11-25-9-13(16)10-26-18-15-8-4-7-14(12-5-2-1-3-6-12)17(15)27-19(24)28-18/h1-3,5-6,13-14,16,25H,4,7-11H2,(H3,24,26,27,28)/t13?,14?,16-/m0/s1. The summed E-state index contributed by atoms with van der Waals surface area (Å²) >= 11 is 0. The zero-order valence-corrected chi connectivity index (χ0v) is 15.5. The van der Waals surface area contributed by atoms with Crippen molar-refractivity contribution in [2.45, 2.75) is 31.4 Å². The van der Waals surface area contributed by atoms with Crippen molar-refractivity contribution >= 4 is 11.8 Å². The first kappa shape index (κ1) is 19.0. The van der Waals surface area contributed by atoms with Crippen molar-refractivity contribution in [3.05, 3.63) is 47.2 Å². The second-order valence-electron chi connectivity index (χ2n) is 7.60. The first-order chi connectivity index (χ1) is 13.4. The van der Waals surface area contributed by atoms with Crippen molar-refractivity contribution in [3.8, 4) is 0 Å². The highest BCUT2D eigenvalue weighted by atomic mass is 19.4. The first-order valence-corrected chi connectivity index (χ1v) is 9.66. The third kappa shape index (κ3) is 3.78. The van der Waals surface area contributed by atoms with Crippen molar-refractivity contribution in [2.24, 2.45) is 11.8 Å². The van der Waals surface area contributed by atoms with E-state index in [4.69, 9.17) is 5.73 Å². The third-order valence-electron chi connectivity index (χ3n) is 5.80. The highest BCUT2D eigenvalue weighted by Gasteiger charge is 2.46. The number of fused-ring (bicyclic) bond motifs is 1. The number of nitrogens with zero attached hydrogens (tertiary/aromatic N) is 2. The van der Waals surface area contributed by atoms with Gasteiger partial charge in [0.2, 0.25) is 5.95 Å². The second-order valence-corrected chi connectivity index (χ2v) is 7.60. The van der Waals surface area contributed by atoms with E-state index in [1.54, 1.807) is 0 Å². The van der Waals surface area contributed by atoms with E-state index in [1.807, 2.05) is 18.2 Å². The highest BCUT2D eigenvalue weighted by Crippen LogP contribution is 2.39. The average Bonchev–Trinajstić information content (AvgIpc) is 3.15. The van der Waals surface area contributed by atoms with E-state index >= 15 is 0 Å². The molecule has 1 aliphatic heterocycles.